The lowest BCUT2D eigenvalue weighted by molar-refractivity contribution is 0.509. The van der Waals surface area contributed by atoms with E-state index in [4.69, 9.17) is 0 Å². The molecule has 0 amide bonds. The van der Waals surface area contributed by atoms with Crippen LogP contribution < -0.4 is 0 Å². The van der Waals surface area contributed by atoms with Crippen LogP contribution in [0.5, 0.6) is 0 Å². The first-order valence-corrected chi connectivity index (χ1v) is 2.60. The third-order valence-electron chi connectivity index (χ3n) is 1.29. The summed E-state index contributed by atoms with van der Waals surface area (Å²) in [6.07, 6.45) is 1.07. The molecule has 0 aliphatic heterocycles. The van der Waals surface area contributed by atoms with E-state index < -0.39 is 0 Å². The molecule has 0 rings (SSSR count). The number of rotatable bonds is 2. The fourth-order valence-electron chi connectivity index (χ4n) is 0.112. The van der Waals surface area contributed by atoms with Crippen LogP contribution in [0.25, 0.3) is 0 Å². The van der Waals surface area contributed by atoms with Crippen LogP contribution in [0.15, 0.2) is 4.99 Å². The molecule has 0 N–H and O–H groups in total. The van der Waals surface area contributed by atoms with E-state index in [0.29, 0.717) is 0 Å². The van der Waals surface area contributed by atoms with Crippen molar-refractivity contribution in [2.45, 2.75) is 32.7 Å². The van der Waals surface area contributed by atoms with Gasteiger partial charge in [0.15, 0.2) is 0 Å². The van der Waals surface area contributed by atoms with Gasteiger partial charge in [0.25, 0.3) is 0 Å². The molecular weight excluding hydrogens is 86.1 g/mol. The molecule has 0 saturated heterocycles. The van der Waals surface area contributed by atoms with Crippen molar-refractivity contribution in [3.63, 3.8) is 0 Å². The Bertz CT molecular complexity index is 64.6. The summed E-state index contributed by atoms with van der Waals surface area (Å²) in [6, 6.07) is 0. The van der Waals surface area contributed by atoms with Crippen molar-refractivity contribution < 1.29 is 0 Å². The standard InChI is InChI=1S/C6H13N/c1-5-6(2,3)7-4/h4-5H2,1-3H3. The third-order valence-corrected chi connectivity index (χ3v) is 1.29. The summed E-state index contributed by atoms with van der Waals surface area (Å²) in [4.78, 5) is 3.89. The van der Waals surface area contributed by atoms with Crippen LogP contribution in [0.2, 0.25) is 0 Å². The van der Waals surface area contributed by atoms with E-state index in [9.17, 15) is 0 Å². The maximum Gasteiger partial charge on any atom is 0.0542 e. The van der Waals surface area contributed by atoms with Crippen molar-refractivity contribution >= 4 is 6.72 Å². The van der Waals surface area contributed by atoms with Crippen LogP contribution in [-0.2, 0) is 0 Å². The average Bonchev–Trinajstić information content (AvgIpc) is 1.68. The Hall–Kier alpha value is -0.330. The molecule has 0 radical (unpaired) electrons. The van der Waals surface area contributed by atoms with Crippen LogP contribution in [0.1, 0.15) is 27.2 Å². The van der Waals surface area contributed by atoms with Crippen LogP contribution >= 0.6 is 0 Å². The topological polar surface area (TPSA) is 12.4 Å². The molecule has 0 aromatic rings. The second-order valence-electron chi connectivity index (χ2n) is 2.32. The molecule has 0 bridgehead atoms. The van der Waals surface area contributed by atoms with E-state index in [2.05, 4.69) is 32.5 Å². The molecule has 0 unspecified atom stereocenters. The molecule has 0 aliphatic rings. The van der Waals surface area contributed by atoms with Crippen molar-refractivity contribution in [2.75, 3.05) is 0 Å². The van der Waals surface area contributed by atoms with Gasteiger partial charge in [-0.2, -0.15) is 0 Å². The van der Waals surface area contributed by atoms with Crippen LogP contribution in [0.4, 0.5) is 0 Å². The summed E-state index contributed by atoms with van der Waals surface area (Å²) in [5, 5.41) is 0. The highest BCUT2D eigenvalue weighted by molar-refractivity contribution is 5.25. The zero-order valence-corrected chi connectivity index (χ0v) is 5.36. The Morgan fingerprint density at radius 3 is 2.00 bits per heavy atom. The Balaban J connectivity index is 3.58. The van der Waals surface area contributed by atoms with Crippen molar-refractivity contribution in [1.29, 1.82) is 0 Å². The van der Waals surface area contributed by atoms with Crippen LogP contribution in [0, 0.1) is 0 Å². The van der Waals surface area contributed by atoms with E-state index in [-0.39, 0.29) is 5.54 Å². The Kier molecular flexibility index (Phi) is 2.00. The van der Waals surface area contributed by atoms with Gasteiger partial charge in [-0.1, -0.05) is 6.92 Å². The number of hydrogen-bond acceptors (Lipinski definition) is 1. The summed E-state index contributed by atoms with van der Waals surface area (Å²) >= 11 is 0. The molecule has 0 atom stereocenters. The van der Waals surface area contributed by atoms with Gasteiger partial charge >= 0.3 is 0 Å². The van der Waals surface area contributed by atoms with Gasteiger partial charge in [-0.05, 0) is 27.0 Å². The molecule has 0 fully saturated rings. The Morgan fingerprint density at radius 2 is 2.00 bits per heavy atom. The molecule has 0 heterocycles. The van der Waals surface area contributed by atoms with Gasteiger partial charge in [0, 0.05) is 0 Å². The highest BCUT2D eigenvalue weighted by Crippen LogP contribution is 2.10. The Morgan fingerprint density at radius 1 is 1.57 bits per heavy atom. The molecule has 42 valence electrons. The Labute approximate surface area is 45.5 Å². The summed E-state index contributed by atoms with van der Waals surface area (Å²) in [7, 11) is 0. The minimum Gasteiger partial charge on any atom is -0.295 e. The first-order chi connectivity index (χ1) is 3.12. The van der Waals surface area contributed by atoms with Crippen molar-refractivity contribution in [2.24, 2.45) is 4.99 Å². The van der Waals surface area contributed by atoms with Gasteiger partial charge in [0.2, 0.25) is 0 Å². The summed E-state index contributed by atoms with van der Waals surface area (Å²) in [5.74, 6) is 0. The predicted molar refractivity (Wildman–Crippen MR) is 33.9 cm³/mol. The summed E-state index contributed by atoms with van der Waals surface area (Å²) < 4.78 is 0. The fourth-order valence-corrected chi connectivity index (χ4v) is 0.112. The molecule has 1 nitrogen and oxygen atoms in total. The highest BCUT2D eigenvalue weighted by atomic mass is 14.8. The van der Waals surface area contributed by atoms with Crippen LogP contribution in [0.3, 0.4) is 0 Å². The van der Waals surface area contributed by atoms with Gasteiger partial charge in [0.1, 0.15) is 0 Å². The first-order valence-electron chi connectivity index (χ1n) is 2.60. The third kappa shape index (κ3) is 2.38. The second kappa shape index (κ2) is 2.10. The molecule has 0 spiro atoms. The lowest BCUT2D eigenvalue weighted by atomic mass is 10.0. The number of hydrogen-bond donors (Lipinski definition) is 0. The van der Waals surface area contributed by atoms with Crippen LogP contribution in [-0.4, -0.2) is 12.3 Å². The molecular formula is C6H13N. The van der Waals surface area contributed by atoms with E-state index in [0.717, 1.165) is 6.42 Å². The van der Waals surface area contributed by atoms with Gasteiger partial charge in [-0.25, -0.2) is 0 Å². The van der Waals surface area contributed by atoms with Gasteiger partial charge in [0.05, 0.1) is 5.54 Å². The molecule has 0 aromatic carbocycles. The average molecular weight is 99.2 g/mol. The predicted octanol–water partition coefficient (Wildman–Crippen LogP) is 1.88. The molecule has 0 saturated carbocycles. The summed E-state index contributed by atoms with van der Waals surface area (Å²) in [6.45, 7) is 9.70. The lowest BCUT2D eigenvalue weighted by Gasteiger charge is -2.14. The van der Waals surface area contributed by atoms with Gasteiger partial charge < -0.3 is 0 Å². The van der Waals surface area contributed by atoms with E-state index in [1.54, 1.807) is 0 Å². The molecule has 0 aliphatic carbocycles. The van der Waals surface area contributed by atoms with Gasteiger partial charge in [-0.15, -0.1) is 0 Å². The van der Waals surface area contributed by atoms with E-state index in [1.807, 2.05) is 0 Å². The highest BCUT2D eigenvalue weighted by Gasteiger charge is 2.08. The zero-order chi connectivity index (χ0) is 5.91. The lowest BCUT2D eigenvalue weighted by Crippen LogP contribution is -2.12. The normalized spacial score (nSPS) is 11.3. The quantitative estimate of drug-likeness (QED) is 0.469. The van der Waals surface area contributed by atoms with E-state index >= 15 is 0 Å². The minimum absolute atomic E-state index is 0.0972. The second-order valence-corrected chi connectivity index (χ2v) is 2.32. The van der Waals surface area contributed by atoms with Crippen molar-refractivity contribution in [1.82, 2.24) is 0 Å². The first kappa shape index (κ1) is 6.67. The van der Waals surface area contributed by atoms with Crippen molar-refractivity contribution in [3.8, 4) is 0 Å². The van der Waals surface area contributed by atoms with E-state index in [1.165, 1.54) is 0 Å². The number of aliphatic imine (C=N–C) groups is 1. The zero-order valence-electron chi connectivity index (χ0n) is 5.36. The maximum absolute atomic E-state index is 3.89. The molecule has 1 heteroatoms. The smallest absolute Gasteiger partial charge is 0.0542 e. The summed E-state index contributed by atoms with van der Waals surface area (Å²) in [5.41, 5.74) is 0.0972. The monoisotopic (exact) mass is 99.1 g/mol. The SMILES string of the molecule is C=NC(C)(C)CC. The molecule has 7 heavy (non-hydrogen) atoms. The van der Waals surface area contributed by atoms with Gasteiger partial charge in [-0.3, -0.25) is 4.99 Å². The minimum atomic E-state index is 0.0972. The fraction of sp³-hybridized carbons (Fsp3) is 0.833. The maximum atomic E-state index is 3.89. The molecule has 0 aromatic heterocycles. The largest absolute Gasteiger partial charge is 0.295 e. The van der Waals surface area contributed by atoms with Crippen molar-refractivity contribution in [3.05, 3.63) is 0 Å². The number of nitrogens with zero attached hydrogens (tertiary/aromatic N) is 1.